The number of anilines is 1. The molecule has 0 saturated carbocycles. The number of piperidine rings is 1. The van der Waals surface area contributed by atoms with Gasteiger partial charge in [0.1, 0.15) is 0 Å². The molecule has 0 unspecified atom stereocenters. The number of benzene rings is 1. The van der Waals surface area contributed by atoms with Gasteiger partial charge in [-0.05, 0) is 55.5 Å². The highest BCUT2D eigenvalue weighted by Crippen LogP contribution is 2.43. The fourth-order valence-electron chi connectivity index (χ4n) is 5.92. The van der Waals surface area contributed by atoms with Crippen molar-refractivity contribution in [3.05, 3.63) is 29.3 Å². The number of hydrogen-bond acceptors (Lipinski definition) is 5. The molecule has 0 aliphatic carbocycles. The predicted molar refractivity (Wildman–Crippen MR) is 131 cm³/mol. The minimum atomic E-state index is -5.81. The van der Waals surface area contributed by atoms with Crippen LogP contribution in [0.2, 0.25) is 0 Å². The Labute approximate surface area is 232 Å². The van der Waals surface area contributed by atoms with Crippen molar-refractivity contribution in [2.75, 3.05) is 63.8 Å². The van der Waals surface area contributed by atoms with E-state index in [-0.39, 0.29) is 38.1 Å². The maximum absolute atomic E-state index is 13.6. The Morgan fingerprint density at radius 1 is 0.854 bits per heavy atom. The molecular formula is C26H33F9N4O2. The van der Waals surface area contributed by atoms with Crippen LogP contribution in [0.5, 0.6) is 0 Å². The summed E-state index contributed by atoms with van der Waals surface area (Å²) in [4.78, 5) is 19.0. The lowest BCUT2D eigenvalue weighted by Crippen LogP contribution is -2.52. The zero-order valence-corrected chi connectivity index (χ0v) is 22.5. The van der Waals surface area contributed by atoms with Crippen molar-refractivity contribution in [3.8, 4) is 0 Å². The Balaban J connectivity index is 1.41. The molecule has 15 heteroatoms. The molecule has 1 aromatic carbocycles. The Hall–Kier alpha value is -2.42. The first-order valence-corrected chi connectivity index (χ1v) is 13.5. The van der Waals surface area contributed by atoms with Gasteiger partial charge in [0.15, 0.2) is 0 Å². The van der Waals surface area contributed by atoms with Gasteiger partial charge in [-0.2, -0.15) is 39.5 Å². The molecule has 0 aromatic heterocycles. The summed E-state index contributed by atoms with van der Waals surface area (Å²) in [7, 11) is 0. The number of hydrogen-bond donors (Lipinski definition) is 0. The molecule has 1 spiro atoms. The molecule has 41 heavy (non-hydrogen) atoms. The molecule has 4 rings (SSSR count). The Morgan fingerprint density at radius 3 is 1.95 bits per heavy atom. The first-order valence-electron chi connectivity index (χ1n) is 13.5. The summed E-state index contributed by atoms with van der Waals surface area (Å²) in [6.45, 7) is 6.25. The Kier molecular flexibility index (Phi) is 8.99. The molecule has 3 saturated heterocycles. The average Bonchev–Trinajstić information content (AvgIpc) is 3.29. The molecule has 0 radical (unpaired) electrons. The van der Waals surface area contributed by atoms with E-state index >= 15 is 0 Å². The van der Waals surface area contributed by atoms with E-state index in [1.165, 1.54) is 6.07 Å². The molecule has 6 nitrogen and oxygen atoms in total. The van der Waals surface area contributed by atoms with E-state index in [1.54, 1.807) is 4.90 Å². The molecular weight excluding hydrogens is 571 g/mol. The van der Waals surface area contributed by atoms with Crippen LogP contribution >= 0.6 is 0 Å². The monoisotopic (exact) mass is 604 g/mol. The van der Waals surface area contributed by atoms with Gasteiger partial charge in [0.25, 0.3) is 6.10 Å². The number of amides is 1. The molecule has 3 fully saturated rings. The lowest BCUT2D eigenvalue weighted by molar-refractivity contribution is -0.308. The first-order chi connectivity index (χ1) is 19.0. The summed E-state index contributed by atoms with van der Waals surface area (Å²) >= 11 is 0. The molecule has 0 N–H and O–H groups in total. The smallest absolute Gasteiger partial charge is 0.426 e. The second-order valence-electron chi connectivity index (χ2n) is 11.1. The SMILES string of the molecule is CCN1CCC2(CCN(c3cc(C(F)(F)F)ccc3CN3CCN(C(=O)OC(C(F)(F)F)C(F)(F)F)CC3)CC2)C1. The Bertz CT molecular complexity index is 1050. The zero-order valence-electron chi connectivity index (χ0n) is 22.5. The molecule has 232 valence electrons. The van der Waals surface area contributed by atoms with Crippen molar-refractivity contribution in [3.63, 3.8) is 0 Å². The third-order valence-corrected chi connectivity index (χ3v) is 8.38. The average molecular weight is 605 g/mol. The molecule has 1 amide bonds. The third-order valence-electron chi connectivity index (χ3n) is 8.38. The highest BCUT2D eigenvalue weighted by Gasteiger charge is 2.60. The maximum Gasteiger partial charge on any atom is 0.434 e. The molecule has 3 aliphatic heterocycles. The summed E-state index contributed by atoms with van der Waals surface area (Å²) in [6, 6.07) is 3.56. The van der Waals surface area contributed by atoms with E-state index in [1.807, 2.05) is 4.90 Å². The predicted octanol–water partition coefficient (Wildman–Crippen LogP) is 5.77. The van der Waals surface area contributed by atoms with Crippen LogP contribution in [0.1, 0.15) is 37.3 Å². The normalized spacial score (nSPS) is 21.2. The van der Waals surface area contributed by atoms with Crippen LogP contribution in [-0.4, -0.2) is 98.2 Å². The van der Waals surface area contributed by atoms with Gasteiger partial charge in [0.2, 0.25) is 0 Å². The van der Waals surface area contributed by atoms with Crippen molar-refractivity contribution in [2.24, 2.45) is 5.41 Å². The highest BCUT2D eigenvalue weighted by atomic mass is 19.4. The second kappa shape index (κ2) is 11.7. The standard InChI is InChI=1S/C26H33F9N4O2/c1-2-36-8-5-23(17-36)6-9-38(10-7-23)20-15-19(24(27,28)29)4-3-18(20)16-37-11-13-39(14-12-37)22(40)41-21(25(30,31)32)26(33,34)35/h3-4,15,21H,2,5-14,16-17H2,1H3. The fraction of sp³-hybridized carbons (Fsp3) is 0.731. The maximum atomic E-state index is 13.6. The molecule has 3 aliphatic rings. The number of nitrogens with zero attached hydrogens (tertiary/aromatic N) is 4. The van der Waals surface area contributed by atoms with Crippen LogP contribution in [0, 0.1) is 5.41 Å². The highest BCUT2D eigenvalue weighted by molar-refractivity contribution is 5.68. The number of alkyl halides is 9. The molecule has 0 bridgehead atoms. The van der Waals surface area contributed by atoms with Crippen molar-refractivity contribution >= 4 is 11.8 Å². The van der Waals surface area contributed by atoms with Crippen LogP contribution in [-0.2, 0) is 17.5 Å². The van der Waals surface area contributed by atoms with E-state index in [2.05, 4.69) is 16.6 Å². The van der Waals surface area contributed by atoms with Crippen LogP contribution in [0.25, 0.3) is 0 Å². The number of carbonyl (C=O) groups is 1. The van der Waals surface area contributed by atoms with Gasteiger partial charge in [-0.25, -0.2) is 4.79 Å². The topological polar surface area (TPSA) is 39.3 Å². The molecule has 3 heterocycles. The van der Waals surface area contributed by atoms with Crippen molar-refractivity contribution in [2.45, 2.75) is 57.4 Å². The Morgan fingerprint density at radius 2 is 1.44 bits per heavy atom. The molecule has 1 aromatic rings. The fourth-order valence-corrected chi connectivity index (χ4v) is 5.92. The van der Waals surface area contributed by atoms with Gasteiger partial charge in [0.05, 0.1) is 5.56 Å². The summed E-state index contributed by atoms with van der Waals surface area (Å²) in [5.41, 5.74) is 0.475. The van der Waals surface area contributed by atoms with Gasteiger partial charge in [-0.15, -0.1) is 0 Å². The lowest BCUT2D eigenvalue weighted by Gasteiger charge is -2.42. The van der Waals surface area contributed by atoms with Crippen LogP contribution in [0.4, 0.5) is 50.0 Å². The summed E-state index contributed by atoms with van der Waals surface area (Å²) in [5, 5.41) is 0. The number of piperazine rings is 1. The van der Waals surface area contributed by atoms with Crippen molar-refractivity contribution < 1.29 is 49.0 Å². The van der Waals surface area contributed by atoms with Gasteiger partial charge >= 0.3 is 24.6 Å². The van der Waals surface area contributed by atoms with Gasteiger partial charge in [-0.3, -0.25) is 4.90 Å². The quantitative estimate of drug-likeness (QED) is 0.400. The minimum absolute atomic E-state index is 0.0915. The lowest BCUT2D eigenvalue weighted by atomic mass is 9.77. The van der Waals surface area contributed by atoms with Gasteiger partial charge < -0.3 is 19.4 Å². The summed E-state index contributed by atoms with van der Waals surface area (Å²) < 4.78 is 121. The van der Waals surface area contributed by atoms with E-state index < -0.39 is 36.3 Å². The van der Waals surface area contributed by atoms with Gasteiger partial charge in [-0.1, -0.05) is 13.0 Å². The summed E-state index contributed by atoms with van der Waals surface area (Å²) in [6.07, 6.45) is -19.3. The van der Waals surface area contributed by atoms with E-state index in [0.29, 0.717) is 24.3 Å². The van der Waals surface area contributed by atoms with Crippen molar-refractivity contribution in [1.29, 1.82) is 0 Å². The third kappa shape index (κ3) is 7.51. The van der Waals surface area contributed by atoms with Crippen LogP contribution < -0.4 is 4.90 Å². The number of rotatable bonds is 5. The zero-order chi connectivity index (χ0) is 30.2. The number of likely N-dealkylation sites (tertiary alicyclic amines) is 1. The van der Waals surface area contributed by atoms with Crippen molar-refractivity contribution in [1.82, 2.24) is 14.7 Å². The largest absolute Gasteiger partial charge is 0.434 e. The minimum Gasteiger partial charge on any atom is -0.426 e. The summed E-state index contributed by atoms with van der Waals surface area (Å²) in [5.74, 6) is 0. The number of halogens is 9. The first kappa shape index (κ1) is 31.5. The molecule has 0 atom stereocenters. The van der Waals surface area contributed by atoms with E-state index in [9.17, 15) is 44.3 Å². The van der Waals surface area contributed by atoms with E-state index in [0.717, 1.165) is 55.9 Å². The second-order valence-corrected chi connectivity index (χ2v) is 11.1. The van der Waals surface area contributed by atoms with Gasteiger partial charge in [0, 0.05) is 58.0 Å². The van der Waals surface area contributed by atoms with Crippen LogP contribution in [0.15, 0.2) is 18.2 Å². The van der Waals surface area contributed by atoms with Crippen LogP contribution in [0.3, 0.4) is 0 Å². The number of carbonyl (C=O) groups excluding carboxylic acids is 1. The number of ether oxygens (including phenoxy) is 1. The van der Waals surface area contributed by atoms with E-state index in [4.69, 9.17) is 0 Å².